The van der Waals surface area contributed by atoms with Crippen molar-refractivity contribution in [2.45, 2.75) is 26.7 Å². The Labute approximate surface area is 94.4 Å². The first-order valence-corrected chi connectivity index (χ1v) is 5.18. The highest BCUT2D eigenvalue weighted by molar-refractivity contribution is 5.83. The lowest BCUT2D eigenvalue weighted by Gasteiger charge is -2.17. The van der Waals surface area contributed by atoms with Crippen LogP contribution in [0.2, 0.25) is 0 Å². The number of ketones is 1. The Morgan fingerprint density at radius 2 is 1.75 bits per heavy atom. The van der Waals surface area contributed by atoms with Crippen molar-refractivity contribution in [1.29, 1.82) is 0 Å². The number of hydrogen-bond donors (Lipinski definition) is 0. The van der Waals surface area contributed by atoms with E-state index in [0.29, 0.717) is 0 Å². The topological polar surface area (TPSA) is 60.2 Å². The molecule has 1 atom stereocenters. The van der Waals surface area contributed by atoms with Crippen LogP contribution in [-0.2, 0) is 4.79 Å². The number of nitro groups is 1. The van der Waals surface area contributed by atoms with E-state index < -0.39 is 4.92 Å². The second-order valence-electron chi connectivity index (χ2n) is 4.18. The number of carbonyl (C=O) groups is 1. The highest BCUT2D eigenvalue weighted by Gasteiger charge is 2.21. The van der Waals surface area contributed by atoms with Crippen LogP contribution in [0.5, 0.6) is 0 Å². The van der Waals surface area contributed by atoms with Crippen molar-refractivity contribution in [3.05, 3.63) is 39.9 Å². The minimum atomic E-state index is -0.443. The number of hydrogen-bond acceptors (Lipinski definition) is 3. The normalized spacial score (nSPS) is 12.5. The fourth-order valence-electron chi connectivity index (χ4n) is 1.89. The standard InChI is InChI=1S/C12H15NO3/c1-8(2)12(9(3)14)10-4-6-11(7-5-10)13(15)16/h4-8,12H,1-3H3. The van der Waals surface area contributed by atoms with Gasteiger partial charge in [-0.2, -0.15) is 0 Å². The average molecular weight is 221 g/mol. The molecule has 4 heteroatoms. The molecule has 0 bridgehead atoms. The van der Waals surface area contributed by atoms with Gasteiger partial charge in [0, 0.05) is 18.1 Å². The van der Waals surface area contributed by atoms with Crippen molar-refractivity contribution < 1.29 is 9.72 Å². The first-order chi connectivity index (χ1) is 7.43. The third-order valence-electron chi connectivity index (χ3n) is 2.57. The zero-order valence-corrected chi connectivity index (χ0v) is 9.64. The van der Waals surface area contributed by atoms with Gasteiger partial charge >= 0.3 is 0 Å². The highest BCUT2D eigenvalue weighted by atomic mass is 16.6. The second kappa shape index (κ2) is 4.88. The zero-order chi connectivity index (χ0) is 12.3. The monoisotopic (exact) mass is 221 g/mol. The molecular weight excluding hydrogens is 206 g/mol. The Morgan fingerprint density at radius 1 is 1.25 bits per heavy atom. The van der Waals surface area contributed by atoms with Crippen molar-refractivity contribution in [3.8, 4) is 0 Å². The molecule has 86 valence electrons. The van der Waals surface area contributed by atoms with Crippen molar-refractivity contribution in [3.63, 3.8) is 0 Å². The molecule has 4 nitrogen and oxygen atoms in total. The average Bonchev–Trinajstić information content (AvgIpc) is 2.17. The molecule has 0 N–H and O–H groups in total. The maximum atomic E-state index is 11.5. The second-order valence-corrected chi connectivity index (χ2v) is 4.18. The minimum Gasteiger partial charge on any atom is -0.299 e. The molecule has 0 amide bonds. The molecule has 0 aliphatic heterocycles. The molecule has 0 heterocycles. The molecule has 0 fully saturated rings. The summed E-state index contributed by atoms with van der Waals surface area (Å²) in [6, 6.07) is 6.19. The number of carbonyl (C=O) groups excluding carboxylic acids is 1. The third-order valence-corrected chi connectivity index (χ3v) is 2.57. The first kappa shape index (κ1) is 12.4. The van der Waals surface area contributed by atoms with Gasteiger partial charge in [0.25, 0.3) is 5.69 Å². The van der Waals surface area contributed by atoms with Crippen LogP contribution in [0.3, 0.4) is 0 Å². The summed E-state index contributed by atoms with van der Waals surface area (Å²) < 4.78 is 0. The summed E-state index contributed by atoms with van der Waals surface area (Å²) in [4.78, 5) is 21.5. The molecule has 0 saturated carbocycles. The van der Waals surface area contributed by atoms with E-state index in [0.717, 1.165) is 5.56 Å². The minimum absolute atomic E-state index is 0.0507. The third kappa shape index (κ3) is 2.66. The maximum absolute atomic E-state index is 11.5. The van der Waals surface area contributed by atoms with E-state index in [1.807, 2.05) is 13.8 Å². The molecule has 0 aliphatic carbocycles. The molecule has 0 spiro atoms. The van der Waals surface area contributed by atoms with E-state index in [1.165, 1.54) is 12.1 Å². The van der Waals surface area contributed by atoms with Crippen LogP contribution in [0.25, 0.3) is 0 Å². The molecular formula is C12H15NO3. The van der Waals surface area contributed by atoms with Crippen LogP contribution >= 0.6 is 0 Å². The van der Waals surface area contributed by atoms with Gasteiger partial charge in [0.15, 0.2) is 0 Å². The van der Waals surface area contributed by atoms with Crippen LogP contribution < -0.4 is 0 Å². The van der Waals surface area contributed by atoms with E-state index in [4.69, 9.17) is 0 Å². The van der Waals surface area contributed by atoms with E-state index in [-0.39, 0.29) is 23.3 Å². The van der Waals surface area contributed by atoms with Gasteiger partial charge in [0.2, 0.25) is 0 Å². The van der Waals surface area contributed by atoms with Crippen molar-refractivity contribution >= 4 is 11.5 Å². The van der Waals surface area contributed by atoms with Crippen molar-refractivity contribution in [1.82, 2.24) is 0 Å². The predicted molar refractivity (Wildman–Crippen MR) is 61.4 cm³/mol. The largest absolute Gasteiger partial charge is 0.299 e. The lowest BCUT2D eigenvalue weighted by molar-refractivity contribution is -0.384. The van der Waals surface area contributed by atoms with Gasteiger partial charge in [0.1, 0.15) is 5.78 Å². The van der Waals surface area contributed by atoms with Crippen LogP contribution in [-0.4, -0.2) is 10.7 Å². The molecule has 1 aromatic carbocycles. The number of rotatable bonds is 4. The van der Waals surface area contributed by atoms with Gasteiger partial charge in [-0.05, 0) is 18.4 Å². The van der Waals surface area contributed by atoms with E-state index in [2.05, 4.69) is 0 Å². The summed E-state index contributed by atoms with van der Waals surface area (Å²) in [6.45, 7) is 5.48. The number of benzene rings is 1. The Bertz CT molecular complexity index is 395. The summed E-state index contributed by atoms with van der Waals surface area (Å²) >= 11 is 0. The molecule has 0 aromatic heterocycles. The summed E-state index contributed by atoms with van der Waals surface area (Å²) in [5.74, 6) is 0.101. The molecule has 1 unspecified atom stereocenters. The van der Waals surface area contributed by atoms with Gasteiger partial charge < -0.3 is 0 Å². The van der Waals surface area contributed by atoms with Crippen LogP contribution in [0.1, 0.15) is 32.3 Å². The number of nitrogens with zero attached hydrogens (tertiary/aromatic N) is 1. The summed E-state index contributed by atoms with van der Waals surface area (Å²) in [7, 11) is 0. The smallest absolute Gasteiger partial charge is 0.269 e. The van der Waals surface area contributed by atoms with Crippen LogP contribution in [0, 0.1) is 16.0 Å². The van der Waals surface area contributed by atoms with Gasteiger partial charge in [-0.3, -0.25) is 14.9 Å². The molecule has 1 aromatic rings. The quantitative estimate of drug-likeness (QED) is 0.580. The van der Waals surface area contributed by atoms with Crippen LogP contribution in [0.4, 0.5) is 5.69 Å². The lowest BCUT2D eigenvalue weighted by Crippen LogP contribution is -2.15. The summed E-state index contributed by atoms with van der Waals surface area (Å²) in [6.07, 6.45) is 0. The number of Topliss-reactive ketones (excluding diaryl/α,β-unsaturated/α-hetero) is 1. The first-order valence-electron chi connectivity index (χ1n) is 5.18. The van der Waals surface area contributed by atoms with Crippen molar-refractivity contribution in [2.24, 2.45) is 5.92 Å². The molecule has 0 aliphatic rings. The summed E-state index contributed by atoms with van der Waals surface area (Å²) in [5.41, 5.74) is 0.892. The van der Waals surface area contributed by atoms with Crippen molar-refractivity contribution in [2.75, 3.05) is 0 Å². The SMILES string of the molecule is CC(=O)C(c1ccc([N+](=O)[O-])cc1)C(C)C. The van der Waals surface area contributed by atoms with Crippen LogP contribution in [0.15, 0.2) is 24.3 Å². The fraction of sp³-hybridized carbons (Fsp3) is 0.417. The van der Waals surface area contributed by atoms with Gasteiger partial charge in [-0.15, -0.1) is 0 Å². The number of nitro benzene ring substituents is 1. The van der Waals surface area contributed by atoms with Gasteiger partial charge in [0.05, 0.1) is 4.92 Å². The maximum Gasteiger partial charge on any atom is 0.269 e. The summed E-state index contributed by atoms with van der Waals surface area (Å²) in [5, 5.41) is 10.5. The molecule has 1 rings (SSSR count). The van der Waals surface area contributed by atoms with E-state index in [9.17, 15) is 14.9 Å². The Hall–Kier alpha value is -1.71. The molecule has 0 saturated heterocycles. The van der Waals surface area contributed by atoms with E-state index >= 15 is 0 Å². The Kier molecular flexibility index (Phi) is 3.77. The number of non-ortho nitro benzene ring substituents is 1. The Morgan fingerprint density at radius 3 is 2.06 bits per heavy atom. The highest BCUT2D eigenvalue weighted by Crippen LogP contribution is 2.26. The molecule has 0 radical (unpaired) electrons. The Balaban J connectivity index is 3.03. The lowest BCUT2D eigenvalue weighted by atomic mass is 9.85. The zero-order valence-electron chi connectivity index (χ0n) is 9.64. The molecule has 16 heavy (non-hydrogen) atoms. The predicted octanol–water partition coefficient (Wildman–Crippen LogP) is 2.92. The van der Waals surface area contributed by atoms with Gasteiger partial charge in [-0.25, -0.2) is 0 Å². The van der Waals surface area contributed by atoms with Gasteiger partial charge in [-0.1, -0.05) is 26.0 Å². The fourth-order valence-corrected chi connectivity index (χ4v) is 1.89. The van der Waals surface area contributed by atoms with E-state index in [1.54, 1.807) is 19.1 Å².